The molecular weight excluding hydrogens is 236 g/mol. The van der Waals surface area contributed by atoms with Gasteiger partial charge in [-0.05, 0) is 12.8 Å². The van der Waals surface area contributed by atoms with Crippen molar-refractivity contribution < 1.29 is 4.79 Å². The van der Waals surface area contributed by atoms with Crippen LogP contribution in [0.3, 0.4) is 0 Å². The van der Waals surface area contributed by atoms with Crippen LogP contribution >= 0.6 is 0 Å². The maximum absolute atomic E-state index is 11.5. The van der Waals surface area contributed by atoms with E-state index in [-0.39, 0.29) is 6.15 Å². The lowest BCUT2D eigenvalue weighted by Crippen LogP contribution is -2.38. The molecule has 0 spiro atoms. The molecule has 0 atom stereocenters. The zero-order chi connectivity index (χ0) is 12.8. The van der Waals surface area contributed by atoms with E-state index in [1.165, 1.54) is 6.20 Å². The van der Waals surface area contributed by atoms with E-state index in [2.05, 4.69) is 11.9 Å². The van der Waals surface area contributed by atoms with E-state index < -0.39 is 17.3 Å². The maximum atomic E-state index is 11.5. The Kier molecular flexibility index (Phi) is 6.66. The molecule has 6 N–H and O–H groups in total. The summed E-state index contributed by atoms with van der Waals surface area (Å²) in [6.07, 6.45) is 5.86. The molecule has 0 aromatic carbocycles. The van der Waals surface area contributed by atoms with Crippen molar-refractivity contribution >= 4 is 6.03 Å². The average Bonchev–Trinajstić information content (AvgIpc) is 2.26. The Morgan fingerprint density at radius 2 is 2.00 bits per heavy atom. The lowest BCUT2D eigenvalue weighted by molar-refractivity contribution is 0.249. The van der Waals surface area contributed by atoms with Crippen molar-refractivity contribution in [2.75, 3.05) is 0 Å². The van der Waals surface area contributed by atoms with Crippen molar-refractivity contribution in [3.8, 4) is 0 Å². The number of hydrogen-bond donors (Lipinski definition) is 3. The standard InChI is InChI=1S/C11H17N3O3.H3N/c1-2-3-4-5-6-8-7-14(10(12)16)11(17)13-9(8)15;/h7H,2-6H2,1H3,(H2,12,16)(H,13,15,17);1H3. The van der Waals surface area contributed by atoms with Gasteiger partial charge in [0.05, 0.1) is 0 Å². The molecule has 0 aliphatic carbocycles. The zero-order valence-electron chi connectivity index (χ0n) is 10.6. The number of hydrogen-bond acceptors (Lipinski definition) is 4. The number of rotatable bonds is 5. The van der Waals surface area contributed by atoms with Gasteiger partial charge in [0, 0.05) is 11.8 Å². The Balaban J connectivity index is 0.00000289. The van der Waals surface area contributed by atoms with Gasteiger partial charge in [-0.2, -0.15) is 0 Å². The minimum absolute atomic E-state index is 0. The number of primary amides is 1. The molecule has 1 aromatic rings. The highest BCUT2D eigenvalue weighted by Gasteiger charge is 2.07. The second kappa shape index (κ2) is 7.44. The maximum Gasteiger partial charge on any atom is 0.336 e. The fourth-order valence-electron chi connectivity index (χ4n) is 1.59. The summed E-state index contributed by atoms with van der Waals surface area (Å²) in [6, 6.07) is -0.888. The van der Waals surface area contributed by atoms with Crippen LogP contribution in [0.25, 0.3) is 0 Å². The number of carbonyl (C=O) groups is 1. The predicted molar refractivity (Wildman–Crippen MR) is 69.2 cm³/mol. The number of unbranched alkanes of at least 4 members (excludes halogenated alkanes) is 3. The Morgan fingerprint density at radius 1 is 1.33 bits per heavy atom. The van der Waals surface area contributed by atoms with Crippen molar-refractivity contribution in [3.05, 3.63) is 32.6 Å². The Hall–Kier alpha value is -1.89. The first-order valence-electron chi connectivity index (χ1n) is 5.71. The molecular formula is C11H20N4O3. The van der Waals surface area contributed by atoms with Crippen LogP contribution in [0.1, 0.15) is 38.2 Å². The quantitative estimate of drug-likeness (QED) is 0.670. The number of carbonyl (C=O) groups excluding carboxylic acids is 1. The van der Waals surface area contributed by atoms with E-state index >= 15 is 0 Å². The van der Waals surface area contributed by atoms with Gasteiger partial charge in [-0.25, -0.2) is 14.2 Å². The molecule has 0 radical (unpaired) electrons. The second-order valence-corrected chi connectivity index (χ2v) is 3.93. The minimum Gasteiger partial charge on any atom is -0.351 e. The highest BCUT2D eigenvalue weighted by molar-refractivity contribution is 5.74. The van der Waals surface area contributed by atoms with Crippen molar-refractivity contribution in [2.24, 2.45) is 5.73 Å². The van der Waals surface area contributed by atoms with Crippen molar-refractivity contribution in [3.63, 3.8) is 0 Å². The summed E-state index contributed by atoms with van der Waals surface area (Å²) in [5.41, 5.74) is 4.20. The van der Waals surface area contributed by atoms with Gasteiger partial charge < -0.3 is 11.9 Å². The molecule has 7 heteroatoms. The van der Waals surface area contributed by atoms with Crippen LogP contribution in [0.4, 0.5) is 4.79 Å². The van der Waals surface area contributed by atoms with Gasteiger partial charge in [0.1, 0.15) is 0 Å². The number of nitrogens with one attached hydrogen (secondary N) is 1. The van der Waals surface area contributed by atoms with Crippen LogP contribution in [-0.2, 0) is 6.42 Å². The third-order valence-corrected chi connectivity index (χ3v) is 2.55. The SMILES string of the molecule is CCCCCCc1cn(C(N)=O)c(=O)[nH]c1=O.N. The molecule has 1 aromatic heterocycles. The van der Waals surface area contributed by atoms with Crippen molar-refractivity contribution in [1.82, 2.24) is 15.7 Å². The van der Waals surface area contributed by atoms with E-state index in [1.54, 1.807) is 0 Å². The number of aromatic nitrogens is 2. The Morgan fingerprint density at radius 3 is 2.56 bits per heavy atom. The molecule has 1 amide bonds. The fourth-order valence-corrected chi connectivity index (χ4v) is 1.59. The molecule has 0 saturated carbocycles. The molecule has 0 aliphatic rings. The number of nitrogens with zero attached hydrogens (tertiary/aromatic N) is 1. The summed E-state index contributed by atoms with van der Waals surface area (Å²) in [7, 11) is 0. The number of aryl methyl sites for hydroxylation is 1. The molecule has 1 heterocycles. The smallest absolute Gasteiger partial charge is 0.336 e. The van der Waals surface area contributed by atoms with Gasteiger partial charge >= 0.3 is 11.7 Å². The van der Waals surface area contributed by atoms with Crippen LogP contribution in [0.2, 0.25) is 0 Å². The zero-order valence-corrected chi connectivity index (χ0v) is 10.6. The molecule has 0 aliphatic heterocycles. The monoisotopic (exact) mass is 256 g/mol. The van der Waals surface area contributed by atoms with Gasteiger partial charge in [0.25, 0.3) is 5.56 Å². The highest BCUT2D eigenvalue weighted by atomic mass is 16.2. The number of H-pyrrole nitrogens is 1. The summed E-state index contributed by atoms with van der Waals surface area (Å²) in [4.78, 5) is 35.7. The van der Waals surface area contributed by atoms with Crippen LogP contribution < -0.4 is 23.1 Å². The van der Waals surface area contributed by atoms with E-state index in [0.717, 1.165) is 30.3 Å². The van der Waals surface area contributed by atoms with Crippen molar-refractivity contribution in [2.45, 2.75) is 39.0 Å². The van der Waals surface area contributed by atoms with Gasteiger partial charge in [-0.3, -0.25) is 9.78 Å². The largest absolute Gasteiger partial charge is 0.351 e. The summed E-state index contributed by atoms with van der Waals surface area (Å²) in [5, 5.41) is 0. The normalized spacial score (nSPS) is 9.83. The predicted octanol–water partition coefficient (Wildman–Crippen LogP) is 0.748. The van der Waals surface area contributed by atoms with Gasteiger partial charge in [-0.1, -0.05) is 26.2 Å². The third-order valence-electron chi connectivity index (χ3n) is 2.55. The van der Waals surface area contributed by atoms with E-state index in [4.69, 9.17) is 5.73 Å². The number of aromatic amines is 1. The number of amides is 1. The molecule has 18 heavy (non-hydrogen) atoms. The van der Waals surface area contributed by atoms with E-state index in [1.807, 2.05) is 0 Å². The number of nitrogens with two attached hydrogens (primary N) is 1. The Labute approximate surface area is 105 Å². The summed E-state index contributed by atoms with van der Waals surface area (Å²) < 4.78 is 0.719. The molecule has 102 valence electrons. The first kappa shape index (κ1) is 16.1. The van der Waals surface area contributed by atoms with Crippen LogP contribution in [0, 0.1) is 0 Å². The van der Waals surface area contributed by atoms with Crippen molar-refractivity contribution in [1.29, 1.82) is 0 Å². The Bertz CT molecular complexity index is 504. The second-order valence-electron chi connectivity index (χ2n) is 3.93. The highest BCUT2D eigenvalue weighted by Crippen LogP contribution is 2.03. The van der Waals surface area contributed by atoms with E-state index in [9.17, 15) is 14.4 Å². The third kappa shape index (κ3) is 4.17. The lowest BCUT2D eigenvalue weighted by atomic mass is 10.1. The average molecular weight is 256 g/mol. The van der Waals surface area contributed by atoms with Crippen LogP contribution in [-0.4, -0.2) is 15.6 Å². The van der Waals surface area contributed by atoms with Gasteiger partial charge in [-0.15, -0.1) is 0 Å². The van der Waals surface area contributed by atoms with Gasteiger partial charge in [0.2, 0.25) is 0 Å². The van der Waals surface area contributed by atoms with Crippen LogP contribution in [0.15, 0.2) is 15.8 Å². The molecule has 0 bridgehead atoms. The molecule has 0 unspecified atom stereocenters. The summed E-state index contributed by atoms with van der Waals surface area (Å²) >= 11 is 0. The van der Waals surface area contributed by atoms with Gasteiger partial charge in [0.15, 0.2) is 0 Å². The first-order chi connectivity index (χ1) is 8.06. The van der Waals surface area contributed by atoms with E-state index in [0.29, 0.717) is 12.0 Å². The molecule has 0 fully saturated rings. The minimum atomic E-state index is -0.888. The first-order valence-corrected chi connectivity index (χ1v) is 5.71. The topological polar surface area (TPSA) is 133 Å². The summed E-state index contributed by atoms with van der Waals surface area (Å²) in [6.45, 7) is 2.10. The lowest BCUT2D eigenvalue weighted by Gasteiger charge is -2.03. The molecule has 0 saturated heterocycles. The molecule has 7 nitrogen and oxygen atoms in total. The summed E-state index contributed by atoms with van der Waals surface area (Å²) in [5.74, 6) is 0. The fraction of sp³-hybridized carbons (Fsp3) is 0.545. The van der Waals surface area contributed by atoms with Crippen LogP contribution in [0.5, 0.6) is 0 Å². The molecule has 1 rings (SSSR count).